The molecule has 4 heterocycles. The van der Waals surface area contributed by atoms with Crippen molar-refractivity contribution in [3.05, 3.63) is 48.5 Å². The third kappa shape index (κ3) is 3.07. The highest BCUT2D eigenvalue weighted by Crippen LogP contribution is 2.40. The molecule has 0 N–H and O–H groups in total. The molecule has 0 radical (unpaired) electrons. The zero-order valence-corrected chi connectivity index (χ0v) is 14.2. The lowest BCUT2D eigenvalue weighted by Gasteiger charge is -2.51. The van der Waals surface area contributed by atoms with Gasteiger partial charge in [0.2, 0.25) is 0 Å². The molecule has 2 aliphatic heterocycles. The second-order valence-electron chi connectivity index (χ2n) is 6.97. The SMILES string of the molecule is CN1C[C@H](COc2cccnc2)CC12CN(C(=O)c1ccnnc1)C2. The quantitative estimate of drug-likeness (QED) is 0.831. The van der Waals surface area contributed by atoms with E-state index in [2.05, 4.69) is 27.1 Å². The maximum Gasteiger partial charge on any atom is 0.255 e. The number of ether oxygens (including phenoxy) is 1. The summed E-state index contributed by atoms with van der Waals surface area (Å²) in [5, 5.41) is 7.51. The van der Waals surface area contributed by atoms with Crippen LogP contribution in [0, 0.1) is 5.92 Å². The van der Waals surface area contributed by atoms with Gasteiger partial charge in [-0.05, 0) is 31.7 Å². The zero-order valence-electron chi connectivity index (χ0n) is 14.2. The second kappa shape index (κ2) is 6.40. The molecule has 0 unspecified atom stereocenters. The van der Waals surface area contributed by atoms with Crippen LogP contribution < -0.4 is 4.74 Å². The molecule has 2 fully saturated rings. The van der Waals surface area contributed by atoms with E-state index in [1.54, 1.807) is 24.7 Å². The molecule has 7 nitrogen and oxygen atoms in total. The molecule has 2 saturated heterocycles. The van der Waals surface area contributed by atoms with E-state index in [4.69, 9.17) is 4.74 Å². The van der Waals surface area contributed by atoms with Crippen LogP contribution >= 0.6 is 0 Å². The largest absolute Gasteiger partial charge is 0.492 e. The van der Waals surface area contributed by atoms with Crippen molar-refractivity contribution >= 4 is 5.91 Å². The van der Waals surface area contributed by atoms with Gasteiger partial charge in [0.25, 0.3) is 5.91 Å². The topological polar surface area (TPSA) is 71.5 Å². The van der Waals surface area contributed by atoms with E-state index in [0.29, 0.717) is 18.1 Å². The minimum absolute atomic E-state index is 0.0315. The van der Waals surface area contributed by atoms with Gasteiger partial charge in [0.15, 0.2) is 0 Å². The van der Waals surface area contributed by atoms with Gasteiger partial charge in [-0.15, -0.1) is 0 Å². The van der Waals surface area contributed by atoms with Crippen LogP contribution in [0.4, 0.5) is 0 Å². The van der Waals surface area contributed by atoms with Gasteiger partial charge < -0.3 is 9.64 Å². The summed E-state index contributed by atoms with van der Waals surface area (Å²) in [6.07, 6.45) is 7.60. The predicted octanol–water partition coefficient (Wildman–Crippen LogP) is 1.10. The zero-order chi connectivity index (χ0) is 17.3. The fourth-order valence-corrected chi connectivity index (χ4v) is 3.87. The summed E-state index contributed by atoms with van der Waals surface area (Å²) in [5.74, 6) is 1.30. The fourth-order valence-electron chi connectivity index (χ4n) is 3.87. The predicted molar refractivity (Wildman–Crippen MR) is 91.1 cm³/mol. The molecule has 2 aliphatic rings. The number of pyridine rings is 1. The number of hydrogen-bond donors (Lipinski definition) is 0. The molecule has 1 atom stereocenters. The molecule has 25 heavy (non-hydrogen) atoms. The van der Waals surface area contributed by atoms with Gasteiger partial charge >= 0.3 is 0 Å². The number of amides is 1. The Kier molecular flexibility index (Phi) is 4.09. The number of hydrogen-bond acceptors (Lipinski definition) is 6. The number of likely N-dealkylation sites (tertiary alicyclic amines) is 2. The van der Waals surface area contributed by atoms with Crippen LogP contribution in [-0.4, -0.2) is 69.7 Å². The number of likely N-dealkylation sites (N-methyl/N-ethyl adjacent to an activating group) is 1. The number of carbonyl (C=O) groups is 1. The summed E-state index contributed by atoms with van der Waals surface area (Å²) in [6.45, 7) is 3.18. The maximum absolute atomic E-state index is 12.5. The Morgan fingerprint density at radius 3 is 2.88 bits per heavy atom. The normalized spacial score (nSPS) is 22.0. The summed E-state index contributed by atoms with van der Waals surface area (Å²) in [7, 11) is 2.14. The first-order chi connectivity index (χ1) is 12.2. The van der Waals surface area contributed by atoms with Crippen molar-refractivity contribution in [1.29, 1.82) is 0 Å². The third-order valence-electron chi connectivity index (χ3n) is 5.22. The number of aromatic nitrogens is 3. The summed E-state index contributed by atoms with van der Waals surface area (Å²) in [4.78, 5) is 20.8. The lowest BCUT2D eigenvalue weighted by Crippen LogP contribution is -2.68. The Hall–Kier alpha value is -2.54. The Bertz CT molecular complexity index is 734. The molecule has 0 saturated carbocycles. The van der Waals surface area contributed by atoms with Gasteiger partial charge in [-0.1, -0.05) is 0 Å². The van der Waals surface area contributed by atoms with Gasteiger partial charge in [0.05, 0.1) is 36.3 Å². The van der Waals surface area contributed by atoms with Gasteiger partial charge in [0.1, 0.15) is 5.75 Å². The first-order valence-corrected chi connectivity index (χ1v) is 8.46. The summed E-state index contributed by atoms with van der Waals surface area (Å²) in [6, 6.07) is 5.51. The second-order valence-corrected chi connectivity index (χ2v) is 6.97. The maximum atomic E-state index is 12.5. The highest BCUT2D eigenvalue weighted by molar-refractivity contribution is 5.94. The minimum atomic E-state index is 0.0315. The first-order valence-electron chi connectivity index (χ1n) is 8.46. The highest BCUT2D eigenvalue weighted by atomic mass is 16.5. The average molecular weight is 339 g/mol. The monoisotopic (exact) mass is 339 g/mol. The van der Waals surface area contributed by atoms with E-state index in [1.807, 2.05) is 17.0 Å². The van der Waals surface area contributed by atoms with Crippen LogP contribution in [0.25, 0.3) is 0 Å². The lowest BCUT2D eigenvalue weighted by molar-refractivity contribution is -0.00774. The summed E-state index contributed by atoms with van der Waals surface area (Å²) >= 11 is 0. The standard InChI is InChI=1S/C18H21N5O2/c1-22-10-14(11-25-16-3-2-5-19-9-16)7-18(22)12-23(13-18)17(24)15-4-6-20-21-8-15/h2-6,8-9,14H,7,10-13H2,1H3/t14-/m1/s1. The Morgan fingerprint density at radius 1 is 1.28 bits per heavy atom. The highest BCUT2D eigenvalue weighted by Gasteiger charge is 2.53. The van der Waals surface area contributed by atoms with Crippen molar-refractivity contribution in [2.24, 2.45) is 5.92 Å². The van der Waals surface area contributed by atoms with Crippen molar-refractivity contribution < 1.29 is 9.53 Å². The average Bonchev–Trinajstić information content (AvgIpc) is 2.96. The molecular weight excluding hydrogens is 318 g/mol. The third-order valence-corrected chi connectivity index (χ3v) is 5.22. The van der Waals surface area contributed by atoms with Crippen molar-refractivity contribution in [1.82, 2.24) is 25.0 Å². The molecular formula is C18H21N5O2. The van der Waals surface area contributed by atoms with Crippen LogP contribution in [0.1, 0.15) is 16.8 Å². The van der Waals surface area contributed by atoms with E-state index < -0.39 is 0 Å². The van der Waals surface area contributed by atoms with Gasteiger partial charge in [-0.2, -0.15) is 10.2 Å². The van der Waals surface area contributed by atoms with Crippen LogP contribution in [0.5, 0.6) is 5.75 Å². The smallest absolute Gasteiger partial charge is 0.255 e. The molecule has 2 aromatic heterocycles. The van der Waals surface area contributed by atoms with Crippen LogP contribution in [-0.2, 0) is 0 Å². The van der Waals surface area contributed by atoms with E-state index >= 15 is 0 Å². The molecule has 7 heteroatoms. The van der Waals surface area contributed by atoms with Crippen LogP contribution in [0.2, 0.25) is 0 Å². The van der Waals surface area contributed by atoms with Crippen molar-refractivity contribution in [3.63, 3.8) is 0 Å². The fraction of sp³-hybridized carbons (Fsp3) is 0.444. The molecule has 130 valence electrons. The van der Waals surface area contributed by atoms with E-state index in [1.165, 1.54) is 6.20 Å². The molecule has 2 aromatic rings. The van der Waals surface area contributed by atoms with Gasteiger partial charge in [-0.25, -0.2) is 0 Å². The molecule has 0 aliphatic carbocycles. The summed E-state index contributed by atoms with van der Waals surface area (Å²) < 4.78 is 5.86. The molecule has 0 bridgehead atoms. The summed E-state index contributed by atoms with van der Waals surface area (Å²) in [5.41, 5.74) is 0.681. The van der Waals surface area contributed by atoms with Crippen molar-refractivity contribution in [2.45, 2.75) is 12.0 Å². The molecule has 4 rings (SSSR count). The van der Waals surface area contributed by atoms with E-state index in [0.717, 1.165) is 31.8 Å². The van der Waals surface area contributed by atoms with Gasteiger partial charge in [-0.3, -0.25) is 14.7 Å². The minimum Gasteiger partial charge on any atom is -0.492 e. The number of carbonyl (C=O) groups excluding carboxylic acids is 1. The Morgan fingerprint density at radius 2 is 2.16 bits per heavy atom. The number of nitrogens with zero attached hydrogens (tertiary/aromatic N) is 5. The lowest BCUT2D eigenvalue weighted by atomic mass is 9.84. The van der Waals surface area contributed by atoms with Gasteiger partial charge in [0, 0.05) is 31.7 Å². The Labute approximate surface area is 146 Å². The van der Waals surface area contributed by atoms with Crippen LogP contribution in [0.15, 0.2) is 43.0 Å². The van der Waals surface area contributed by atoms with E-state index in [-0.39, 0.29) is 11.4 Å². The molecule has 1 spiro atoms. The molecule has 1 amide bonds. The Balaban J connectivity index is 1.33. The van der Waals surface area contributed by atoms with Crippen LogP contribution in [0.3, 0.4) is 0 Å². The first kappa shape index (κ1) is 16.0. The van der Waals surface area contributed by atoms with E-state index in [9.17, 15) is 4.79 Å². The van der Waals surface area contributed by atoms with Crippen molar-refractivity contribution in [2.75, 3.05) is 33.3 Å². The number of rotatable bonds is 4. The van der Waals surface area contributed by atoms with Crippen molar-refractivity contribution in [3.8, 4) is 5.75 Å². The molecule has 0 aromatic carbocycles.